The van der Waals surface area contributed by atoms with E-state index in [-0.39, 0.29) is 50.0 Å². The maximum atomic E-state index is 12.1. The summed E-state index contributed by atoms with van der Waals surface area (Å²) >= 11 is 0. The summed E-state index contributed by atoms with van der Waals surface area (Å²) in [6.45, 7) is 2.73. The van der Waals surface area contributed by atoms with Crippen LogP contribution < -0.4 is 10.1 Å². The van der Waals surface area contributed by atoms with E-state index in [4.69, 9.17) is 14.2 Å². The lowest BCUT2D eigenvalue weighted by Crippen LogP contribution is -2.28. The maximum Gasteiger partial charge on any atom is 0.356 e. The van der Waals surface area contributed by atoms with Gasteiger partial charge < -0.3 is 19.5 Å². The monoisotopic (exact) mass is 484 g/mol. The Kier molecular flexibility index (Phi) is 8.78. The predicted molar refractivity (Wildman–Crippen MR) is 122 cm³/mol. The number of nitrogens with one attached hydrogen (secondary N) is 1. The third-order valence-electron chi connectivity index (χ3n) is 4.50. The Bertz CT molecular complexity index is 1200. The normalized spacial score (nSPS) is 10.6. The van der Waals surface area contributed by atoms with Crippen LogP contribution in [0.3, 0.4) is 0 Å². The van der Waals surface area contributed by atoms with Gasteiger partial charge in [0.25, 0.3) is 5.91 Å². The number of nitro groups is 1. The quantitative estimate of drug-likeness (QED) is 0.174. The second kappa shape index (κ2) is 12.2. The first-order valence-corrected chi connectivity index (χ1v) is 10.7. The molecule has 35 heavy (non-hydrogen) atoms. The number of aryl methyl sites for hydroxylation is 1. The van der Waals surface area contributed by atoms with E-state index >= 15 is 0 Å². The molecule has 3 rings (SSSR count). The fraction of sp³-hybridized carbons (Fsp3) is 0.318. The smallest absolute Gasteiger partial charge is 0.356 e. The van der Waals surface area contributed by atoms with Gasteiger partial charge in [-0.15, -0.1) is 0 Å². The second-order valence-electron chi connectivity index (χ2n) is 7.02. The molecule has 0 saturated heterocycles. The lowest BCUT2D eigenvalue weighted by Gasteiger charge is -2.09. The summed E-state index contributed by atoms with van der Waals surface area (Å²) in [5.74, 6) is -0.796. The fourth-order valence-electron chi connectivity index (χ4n) is 2.96. The molecule has 3 aromatic heterocycles. The number of esters is 1. The van der Waals surface area contributed by atoms with Crippen molar-refractivity contribution in [2.45, 2.75) is 6.92 Å². The molecule has 0 unspecified atom stereocenters. The van der Waals surface area contributed by atoms with Gasteiger partial charge in [0.15, 0.2) is 0 Å². The highest BCUT2D eigenvalue weighted by atomic mass is 16.6. The molecule has 0 spiro atoms. The summed E-state index contributed by atoms with van der Waals surface area (Å²) in [4.78, 5) is 42.8. The van der Waals surface area contributed by atoms with Crippen molar-refractivity contribution in [1.29, 1.82) is 0 Å². The van der Waals surface area contributed by atoms with Crippen LogP contribution in [0.25, 0.3) is 11.3 Å². The lowest BCUT2D eigenvalue weighted by molar-refractivity contribution is -0.385. The molecule has 0 aliphatic heterocycles. The number of carbonyl (C=O) groups is 2. The Labute approximate surface area is 200 Å². The number of aromatic nitrogens is 4. The van der Waals surface area contributed by atoms with Crippen molar-refractivity contribution in [2.24, 2.45) is 7.05 Å². The van der Waals surface area contributed by atoms with Gasteiger partial charge in [-0.2, -0.15) is 5.10 Å². The molecule has 0 saturated carbocycles. The third kappa shape index (κ3) is 7.04. The highest BCUT2D eigenvalue weighted by Crippen LogP contribution is 2.21. The van der Waals surface area contributed by atoms with Crippen molar-refractivity contribution in [2.75, 3.05) is 33.0 Å². The van der Waals surface area contributed by atoms with E-state index in [9.17, 15) is 19.7 Å². The van der Waals surface area contributed by atoms with Gasteiger partial charge in [0, 0.05) is 31.4 Å². The average Bonchev–Trinajstić information content (AvgIpc) is 3.26. The minimum atomic E-state index is -0.661. The van der Waals surface area contributed by atoms with E-state index in [1.54, 1.807) is 43.5 Å². The number of amides is 1. The number of ether oxygens (including phenoxy) is 3. The summed E-state index contributed by atoms with van der Waals surface area (Å²) in [5.41, 5.74) is 0.879. The zero-order chi connectivity index (χ0) is 25.2. The van der Waals surface area contributed by atoms with E-state index < -0.39 is 16.8 Å². The van der Waals surface area contributed by atoms with E-state index in [0.29, 0.717) is 17.1 Å². The molecule has 0 aliphatic rings. The standard InChI is InChI=1S/C22H24N6O7/c1-3-34-22(30)17-6-4-5-16(25-17)15-7-8-23-19(13-15)35-12-11-33-10-9-24-21(29)20-18(28(31)32)14-27(2)26-20/h4-8,13-14H,3,9-12H2,1-2H3,(H,24,29). The SMILES string of the molecule is CCOC(=O)c1cccc(-c2ccnc(OCCOCCNC(=O)c3nn(C)cc3[N+](=O)[O-])c2)n1. The van der Waals surface area contributed by atoms with Gasteiger partial charge in [-0.25, -0.2) is 14.8 Å². The van der Waals surface area contributed by atoms with Crippen molar-refractivity contribution in [3.05, 3.63) is 64.2 Å². The van der Waals surface area contributed by atoms with Crippen LogP contribution in [0.5, 0.6) is 5.88 Å². The van der Waals surface area contributed by atoms with Crippen molar-refractivity contribution in [3.8, 4) is 17.1 Å². The molecule has 0 fully saturated rings. The topological polar surface area (TPSA) is 161 Å². The molecule has 0 aromatic carbocycles. The van der Waals surface area contributed by atoms with Gasteiger partial charge in [-0.05, 0) is 25.1 Å². The average molecular weight is 484 g/mol. The Morgan fingerprint density at radius 2 is 2.03 bits per heavy atom. The Balaban J connectivity index is 1.42. The Morgan fingerprint density at radius 1 is 1.20 bits per heavy atom. The molecule has 0 bridgehead atoms. The van der Waals surface area contributed by atoms with Crippen LogP contribution in [0, 0.1) is 10.1 Å². The molecular weight excluding hydrogens is 460 g/mol. The first-order chi connectivity index (χ1) is 16.9. The molecule has 1 N–H and O–H groups in total. The first kappa shape index (κ1) is 25.2. The number of rotatable bonds is 12. The Hall–Kier alpha value is -4.39. The number of pyridine rings is 2. The molecule has 0 atom stereocenters. The number of nitrogens with zero attached hydrogens (tertiary/aromatic N) is 5. The molecule has 13 nitrogen and oxygen atoms in total. The third-order valence-corrected chi connectivity index (χ3v) is 4.50. The molecule has 1 amide bonds. The minimum Gasteiger partial charge on any atom is -0.475 e. The summed E-state index contributed by atoms with van der Waals surface area (Å²) in [6, 6.07) is 8.50. The van der Waals surface area contributed by atoms with Gasteiger partial charge in [-0.1, -0.05) is 6.07 Å². The van der Waals surface area contributed by atoms with Crippen LogP contribution in [0.1, 0.15) is 27.9 Å². The number of hydrogen-bond donors (Lipinski definition) is 1. The van der Waals surface area contributed by atoms with Crippen LogP contribution >= 0.6 is 0 Å². The van der Waals surface area contributed by atoms with E-state index in [0.717, 1.165) is 0 Å². The van der Waals surface area contributed by atoms with Gasteiger partial charge in [-0.3, -0.25) is 19.6 Å². The van der Waals surface area contributed by atoms with Crippen molar-refractivity contribution in [3.63, 3.8) is 0 Å². The molecule has 3 aromatic rings. The minimum absolute atomic E-state index is 0.142. The maximum absolute atomic E-state index is 12.1. The summed E-state index contributed by atoms with van der Waals surface area (Å²) in [7, 11) is 1.49. The molecule has 3 heterocycles. The van der Waals surface area contributed by atoms with Crippen molar-refractivity contribution in [1.82, 2.24) is 25.1 Å². The van der Waals surface area contributed by atoms with Crippen LogP contribution in [0.4, 0.5) is 5.69 Å². The molecular formula is C22H24N6O7. The molecule has 0 aliphatic carbocycles. The number of carbonyl (C=O) groups excluding carboxylic acids is 2. The highest BCUT2D eigenvalue weighted by Gasteiger charge is 2.24. The lowest BCUT2D eigenvalue weighted by atomic mass is 10.1. The van der Waals surface area contributed by atoms with Crippen LogP contribution in [0.15, 0.2) is 42.7 Å². The van der Waals surface area contributed by atoms with Crippen LogP contribution in [-0.4, -0.2) is 69.5 Å². The summed E-state index contributed by atoms with van der Waals surface area (Å²) in [5, 5.41) is 17.3. The zero-order valence-corrected chi connectivity index (χ0v) is 19.2. The zero-order valence-electron chi connectivity index (χ0n) is 19.2. The predicted octanol–water partition coefficient (Wildman–Crippen LogP) is 1.79. The summed E-state index contributed by atoms with van der Waals surface area (Å²) in [6.07, 6.45) is 2.73. The van der Waals surface area contributed by atoms with E-state index in [2.05, 4.69) is 20.4 Å². The largest absolute Gasteiger partial charge is 0.475 e. The number of hydrogen-bond acceptors (Lipinski definition) is 10. The highest BCUT2D eigenvalue weighted by molar-refractivity contribution is 5.96. The van der Waals surface area contributed by atoms with Crippen LogP contribution in [0.2, 0.25) is 0 Å². The van der Waals surface area contributed by atoms with E-state index in [1.807, 2.05) is 0 Å². The van der Waals surface area contributed by atoms with Crippen molar-refractivity contribution < 1.29 is 28.7 Å². The van der Waals surface area contributed by atoms with Gasteiger partial charge in [0.2, 0.25) is 11.6 Å². The summed E-state index contributed by atoms with van der Waals surface area (Å²) < 4.78 is 17.2. The van der Waals surface area contributed by atoms with Gasteiger partial charge in [0.05, 0.1) is 30.4 Å². The molecule has 13 heteroatoms. The van der Waals surface area contributed by atoms with Crippen molar-refractivity contribution >= 4 is 17.6 Å². The van der Waals surface area contributed by atoms with Gasteiger partial charge in [0.1, 0.15) is 18.5 Å². The fourth-order valence-corrected chi connectivity index (χ4v) is 2.96. The van der Waals surface area contributed by atoms with E-state index in [1.165, 1.54) is 17.9 Å². The molecule has 184 valence electrons. The van der Waals surface area contributed by atoms with Crippen LogP contribution in [-0.2, 0) is 16.5 Å². The van der Waals surface area contributed by atoms with Gasteiger partial charge >= 0.3 is 11.7 Å². The first-order valence-electron chi connectivity index (χ1n) is 10.7. The Morgan fingerprint density at radius 3 is 2.80 bits per heavy atom. The second-order valence-corrected chi connectivity index (χ2v) is 7.02. The molecule has 0 radical (unpaired) electrons.